The summed E-state index contributed by atoms with van der Waals surface area (Å²) < 4.78 is 0. The van der Waals surface area contributed by atoms with Crippen LogP contribution in [0.25, 0.3) is 5.70 Å². The fourth-order valence-electron chi connectivity index (χ4n) is 1.76. The van der Waals surface area contributed by atoms with Gasteiger partial charge in [-0.25, -0.2) is 4.98 Å². The lowest BCUT2D eigenvalue weighted by Crippen LogP contribution is -2.23. The molecule has 1 aromatic heterocycles. The van der Waals surface area contributed by atoms with Gasteiger partial charge in [0.15, 0.2) is 0 Å². The minimum absolute atomic E-state index is 0.140. The Morgan fingerprint density at radius 2 is 2.28 bits per heavy atom. The van der Waals surface area contributed by atoms with Gasteiger partial charge >= 0.3 is 0 Å². The summed E-state index contributed by atoms with van der Waals surface area (Å²) in [6, 6.07) is 1.58. The monoisotopic (exact) mass is 284 g/mol. The van der Waals surface area contributed by atoms with Crippen molar-refractivity contribution >= 4 is 35.3 Å². The summed E-state index contributed by atoms with van der Waals surface area (Å²) in [6.45, 7) is 0.198. The highest BCUT2D eigenvalue weighted by atomic mass is 35.5. The molecule has 0 unspecified atom stereocenters. The van der Waals surface area contributed by atoms with Crippen molar-refractivity contribution in [1.29, 1.82) is 0 Å². The highest BCUT2D eigenvalue weighted by Crippen LogP contribution is 2.30. The lowest BCUT2D eigenvalue weighted by molar-refractivity contribution is -0.115. The summed E-state index contributed by atoms with van der Waals surface area (Å²) in [5.41, 5.74) is 1.70. The first-order valence-electron chi connectivity index (χ1n) is 5.22. The zero-order chi connectivity index (χ0) is 13.1. The molecule has 1 aliphatic heterocycles. The fraction of sp³-hybridized carbons (Fsp3) is 0.167. The number of hydrogen-bond acceptors (Lipinski definition) is 3. The van der Waals surface area contributed by atoms with Gasteiger partial charge in [0.05, 0.1) is 12.3 Å². The molecule has 1 aromatic rings. The van der Waals surface area contributed by atoms with Gasteiger partial charge in [0.1, 0.15) is 10.3 Å². The van der Waals surface area contributed by atoms with Crippen LogP contribution in [0.1, 0.15) is 11.1 Å². The van der Waals surface area contributed by atoms with Crippen molar-refractivity contribution in [3.05, 3.63) is 45.7 Å². The number of aliphatic hydroxyl groups is 1. The van der Waals surface area contributed by atoms with Crippen molar-refractivity contribution in [2.75, 3.05) is 6.54 Å². The van der Waals surface area contributed by atoms with Gasteiger partial charge in [0.25, 0.3) is 0 Å². The maximum atomic E-state index is 11.0. The van der Waals surface area contributed by atoms with Gasteiger partial charge in [0, 0.05) is 17.7 Å². The van der Waals surface area contributed by atoms with Crippen molar-refractivity contribution in [2.24, 2.45) is 0 Å². The summed E-state index contributed by atoms with van der Waals surface area (Å²) in [6.07, 6.45) is 6.16. The van der Waals surface area contributed by atoms with E-state index in [0.29, 0.717) is 23.4 Å². The SMILES string of the molecule is O=CN1CC=CC=C1c1cc(Cl)nc(Cl)c1CO. The molecule has 0 spiro atoms. The number of nitrogens with zero attached hydrogens (tertiary/aromatic N) is 2. The smallest absolute Gasteiger partial charge is 0.214 e. The average Bonchev–Trinajstić information content (AvgIpc) is 2.38. The van der Waals surface area contributed by atoms with Gasteiger partial charge in [-0.1, -0.05) is 35.4 Å². The number of rotatable bonds is 3. The third-order valence-electron chi connectivity index (χ3n) is 2.61. The second-order valence-corrected chi connectivity index (χ2v) is 4.40. The molecule has 0 bridgehead atoms. The Hall–Kier alpha value is -1.36. The van der Waals surface area contributed by atoms with Crippen molar-refractivity contribution in [1.82, 2.24) is 9.88 Å². The summed E-state index contributed by atoms with van der Waals surface area (Å²) in [7, 11) is 0. The van der Waals surface area contributed by atoms with E-state index in [-0.39, 0.29) is 16.9 Å². The summed E-state index contributed by atoms with van der Waals surface area (Å²) in [4.78, 5) is 16.4. The van der Waals surface area contributed by atoms with Crippen molar-refractivity contribution < 1.29 is 9.90 Å². The van der Waals surface area contributed by atoms with Crippen LogP contribution in [0.2, 0.25) is 10.3 Å². The highest BCUT2D eigenvalue weighted by molar-refractivity contribution is 6.33. The van der Waals surface area contributed by atoms with Crippen molar-refractivity contribution in [2.45, 2.75) is 6.61 Å². The van der Waals surface area contributed by atoms with Crippen LogP contribution in [0.4, 0.5) is 0 Å². The van der Waals surface area contributed by atoms with Crippen LogP contribution in [0.3, 0.4) is 0 Å². The maximum absolute atomic E-state index is 11.0. The molecule has 2 heterocycles. The van der Waals surface area contributed by atoms with Crippen LogP contribution in [-0.4, -0.2) is 27.9 Å². The number of aliphatic hydroxyl groups excluding tert-OH is 1. The van der Waals surface area contributed by atoms with Gasteiger partial charge in [0.2, 0.25) is 6.41 Å². The molecular weight excluding hydrogens is 275 g/mol. The second-order valence-electron chi connectivity index (χ2n) is 3.66. The number of carbonyl (C=O) groups excluding carboxylic acids is 1. The molecule has 0 atom stereocenters. The van der Waals surface area contributed by atoms with Gasteiger partial charge < -0.3 is 10.0 Å². The summed E-state index contributed by atoms with van der Waals surface area (Å²) in [5.74, 6) is 0. The Kier molecular flexibility index (Phi) is 4.01. The molecule has 1 N–H and O–H groups in total. The number of amides is 1. The van der Waals surface area contributed by atoms with E-state index in [4.69, 9.17) is 23.2 Å². The Bertz CT molecular complexity index is 541. The van der Waals surface area contributed by atoms with E-state index >= 15 is 0 Å². The molecule has 0 saturated heterocycles. The standard InChI is InChI=1S/C12H10Cl2N2O2/c13-11-5-8(9(6-17)12(14)15-11)10-3-1-2-4-16(10)7-18/h1-3,5,7,17H,4,6H2. The number of carbonyl (C=O) groups is 1. The third kappa shape index (κ3) is 2.41. The van der Waals surface area contributed by atoms with Crippen LogP contribution in [0.15, 0.2) is 24.3 Å². The molecule has 1 aliphatic rings. The van der Waals surface area contributed by atoms with Gasteiger partial charge in [-0.15, -0.1) is 0 Å². The van der Waals surface area contributed by atoms with Gasteiger partial charge in [-0.05, 0) is 12.1 Å². The second kappa shape index (κ2) is 5.52. The quantitative estimate of drug-likeness (QED) is 0.684. The first kappa shape index (κ1) is 13.1. The number of halogens is 2. The molecule has 4 nitrogen and oxygen atoms in total. The van der Waals surface area contributed by atoms with Crippen LogP contribution < -0.4 is 0 Å². The number of hydrogen-bond donors (Lipinski definition) is 1. The van der Waals surface area contributed by atoms with Crippen LogP contribution in [0, 0.1) is 0 Å². The molecule has 0 fully saturated rings. The lowest BCUT2D eigenvalue weighted by Gasteiger charge is -2.23. The molecule has 0 saturated carbocycles. The van der Waals surface area contributed by atoms with E-state index in [2.05, 4.69) is 4.98 Å². The minimum Gasteiger partial charge on any atom is -0.392 e. The van der Waals surface area contributed by atoms with E-state index in [9.17, 15) is 9.90 Å². The largest absolute Gasteiger partial charge is 0.392 e. The van der Waals surface area contributed by atoms with Crippen LogP contribution in [-0.2, 0) is 11.4 Å². The Labute approximate surface area is 114 Å². The first-order chi connectivity index (χ1) is 8.67. The molecule has 94 valence electrons. The fourth-order valence-corrected chi connectivity index (χ4v) is 2.25. The van der Waals surface area contributed by atoms with E-state index in [0.717, 1.165) is 6.41 Å². The van der Waals surface area contributed by atoms with E-state index in [1.165, 1.54) is 4.90 Å². The maximum Gasteiger partial charge on any atom is 0.214 e. The zero-order valence-electron chi connectivity index (χ0n) is 9.31. The molecule has 0 aliphatic carbocycles. The van der Waals surface area contributed by atoms with Crippen molar-refractivity contribution in [3.63, 3.8) is 0 Å². The molecule has 18 heavy (non-hydrogen) atoms. The Morgan fingerprint density at radius 1 is 1.50 bits per heavy atom. The first-order valence-corrected chi connectivity index (χ1v) is 5.98. The van der Waals surface area contributed by atoms with Crippen molar-refractivity contribution in [3.8, 4) is 0 Å². The van der Waals surface area contributed by atoms with Crippen LogP contribution in [0.5, 0.6) is 0 Å². The van der Waals surface area contributed by atoms with Gasteiger partial charge in [-0.2, -0.15) is 0 Å². The predicted octanol–water partition coefficient (Wildman–Crippen LogP) is 2.25. The molecule has 2 rings (SSSR count). The predicted molar refractivity (Wildman–Crippen MR) is 70.1 cm³/mol. The van der Waals surface area contributed by atoms with E-state index in [1.54, 1.807) is 12.1 Å². The molecule has 0 radical (unpaired) electrons. The average molecular weight is 285 g/mol. The Balaban J connectivity index is 2.59. The zero-order valence-corrected chi connectivity index (χ0v) is 10.8. The molecular formula is C12H10Cl2N2O2. The number of pyridine rings is 1. The lowest BCUT2D eigenvalue weighted by atomic mass is 10.0. The minimum atomic E-state index is -0.272. The van der Waals surface area contributed by atoms with Crippen LogP contribution >= 0.6 is 23.2 Å². The molecule has 6 heteroatoms. The highest BCUT2D eigenvalue weighted by Gasteiger charge is 2.18. The Morgan fingerprint density at radius 3 is 2.94 bits per heavy atom. The third-order valence-corrected chi connectivity index (χ3v) is 3.11. The molecule has 0 aromatic carbocycles. The molecule has 1 amide bonds. The topological polar surface area (TPSA) is 53.4 Å². The van der Waals surface area contributed by atoms with E-state index in [1.807, 2.05) is 12.2 Å². The van der Waals surface area contributed by atoms with E-state index < -0.39 is 0 Å². The summed E-state index contributed by atoms with van der Waals surface area (Å²) >= 11 is 11.8. The van der Waals surface area contributed by atoms with Gasteiger partial charge in [-0.3, -0.25) is 4.79 Å². The number of allylic oxidation sites excluding steroid dienone is 2. The number of aromatic nitrogens is 1. The summed E-state index contributed by atoms with van der Waals surface area (Å²) in [5, 5.41) is 9.72. The normalized spacial score (nSPS) is 14.6.